The Morgan fingerprint density at radius 3 is 2.92 bits per heavy atom. The first kappa shape index (κ1) is 8.63. The Labute approximate surface area is 68.5 Å². The first-order valence-electron chi connectivity index (χ1n) is 3.28. The lowest BCUT2D eigenvalue weighted by Crippen LogP contribution is -2.38. The van der Waals surface area contributed by atoms with Crippen LogP contribution in [0.4, 0.5) is 0 Å². The van der Waals surface area contributed by atoms with Crippen molar-refractivity contribution in [2.24, 2.45) is 5.84 Å². The maximum atomic E-state index is 10.9. The minimum atomic E-state index is -1.39. The van der Waals surface area contributed by atoms with Crippen LogP contribution in [0.3, 0.4) is 0 Å². The number of amides is 1. The van der Waals surface area contributed by atoms with Crippen LogP contribution < -0.4 is 11.3 Å². The van der Waals surface area contributed by atoms with Gasteiger partial charge in [0.05, 0.1) is 5.57 Å². The van der Waals surface area contributed by atoms with Crippen LogP contribution in [0.2, 0.25) is 0 Å². The SMILES string of the molecule is NNC(=O)C1=CC=CC(=O)C1O. The molecule has 5 heteroatoms. The number of carbonyl (C=O) groups excluding carboxylic acids is 2. The Hall–Kier alpha value is -1.46. The van der Waals surface area contributed by atoms with Crippen molar-refractivity contribution >= 4 is 11.7 Å². The molecule has 0 aromatic carbocycles. The second kappa shape index (κ2) is 3.29. The summed E-state index contributed by atoms with van der Waals surface area (Å²) in [7, 11) is 0. The molecule has 0 radical (unpaired) electrons. The maximum Gasteiger partial charge on any atom is 0.264 e. The molecule has 1 rings (SSSR count). The molecule has 0 spiro atoms. The van der Waals surface area contributed by atoms with Gasteiger partial charge in [-0.05, 0) is 6.08 Å². The summed E-state index contributed by atoms with van der Waals surface area (Å²) in [6.45, 7) is 0. The monoisotopic (exact) mass is 168 g/mol. The van der Waals surface area contributed by atoms with Crippen molar-refractivity contribution in [3.05, 3.63) is 23.8 Å². The van der Waals surface area contributed by atoms with Gasteiger partial charge in [0.25, 0.3) is 5.91 Å². The van der Waals surface area contributed by atoms with E-state index in [0.717, 1.165) is 0 Å². The lowest BCUT2D eigenvalue weighted by atomic mass is 10.0. The number of carbonyl (C=O) groups is 2. The second-order valence-electron chi connectivity index (χ2n) is 2.26. The summed E-state index contributed by atoms with van der Waals surface area (Å²) < 4.78 is 0. The number of hydrogen-bond acceptors (Lipinski definition) is 4. The van der Waals surface area contributed by atoms with Crippen LogP contribution in [0, 0.1) is 0 Å². The van der Waals surface area contributed by atoms with Crippen molar-refractivity contribution in [1.29, 1.82) is 0 Å². The fraction of sp³-hybridized carbons (Fsp3) is 0.143. The van der Waals surface area contributed by atoms with Crippen LogP contribution >= 0.6 is 0 Å². The van der Waals surface area contributed by atoms with Gasteiger partial charge in [0.2, 0.25) is 0 Å². The molecule has 12 heavy (non-hydrogen) atoms. The highest BCUT2D eigenvalue weighted by Gasteiger charge is 2.24. The standard InChI is InChI=1S/C7H8N2O3/c8-9-7(12)4-2-1-3-5(10)6(4)11/h1-3,6,11H,8H2,(H,9,12). The van der Waals surface area contributed by atoms with E-state index in [9.17, 15) is 9.59 Å². The predicted octanol–water partition coefficient (Wildman–Crippen LogP) is -1.60. The Morgan fingerprint density at radius 1 is 1.67 bits per heavy atom. The molecule has 0 aromatic heterocycles. The lowest BCUT2D eigenvalue weighted by Gasteiger charge is -2.12. The summed E-state index contributed by atoms with van der Waals surface area (Å²) in [6, 6.07) is 0. The Morgan fingerprint density at radius 2 is 2.33 bits per heavy atom. The highest BCUT2D eigenvalue weighted by atomic mass is 16.3. The quantitative estimate of drug-likeness (QED) is 0.250. The average molecular weight is 168 g/mol. The van der Waals surface area contributed by atoms with E-state index in [0.29, 0.717) is 0 Å². The van der Waals surface area contributed by atoms with Gasteiger partial charge in [-0.3, -0.25) is 15.0 Å². The van der Waals surface area contributed by atoms with Gasteiger partial charge in [0, 0.05) is 0 Å². The van der Waals surface area contributed by atoms with Crippen LogP contribution in [0.1, 0.15) is 0 Å². The molecule has 1 aliphatic carbocycles. The molecule has 0 heterocycles. The van der Waals surface area contributed by atoms with Gasteiger partial charge in [-0.25, -0.2) is 5.84 Å². The van der Waals surface area contributed by atoms with E-state index in [1.54, 1.807) is 0 Å². The van der Waals surface area contributed by atoms with E-state index in [1.807, 2.05) is 5.43 Å². The smallest absolute Gasteiger partial charge is 0.264 e. The molecule has 1 atom stereocenters. The number of nitrogens with one attached hydrogen (secondary N) is 1. The molecule has 1 unspecified atom stereocenters. The minimum Gasteiger partial charge on any atom is -0.380 e. The van der Waals surface area contributed by atoms with Gasteiger partial charge in [0.15, 0.2) is 5.78 Å². The molecule has 64 valence electrons. The number of rotatable bonds is 1. The van der Waals surface area contributed by atoms with Crippen molar-refractivity contribution in [2.75, 3.05) is 0 Å². The van der Waals surface area contributed by atoms with Gasteiger partial charge in [-0.1, -0.05) is 12.2 Å². The first-order chi connectivity index (χ1) is 5.66. The molecule has 0 bridgehead atoms. The molecule has 0 fully saturated rings. The minimum absolute atomic E-state index is 0.0370. The number of aliphatic hydroxyl groups excluding tert-OH is 1. The molecule has 0 saturated carbocycles. The number of hydrazine groups is 1. The lowest BCUT2D eigenvalue weighted by molar-refractivity contribution is -0.125. The molecular weight excluding hydrogens is 160 g/mol. The third kappa shape index (κ3) is 1.41. The fourth-order valence-electron chi connectivity index (χ4n) is 0.865. The van der Waals surface area contributed by atoms with Gasteiger partial charge in [-0.15, -0.1) is 0 Å². The molecule has 0 aromatic rings. The molecule has 4 N–H and O–H groups in total. The first-order valence-corrected chi connectivity index (χ1v) is 3.28. The van der Waals surface area contributed by atoms with E-state index in [2.05, 4.69) is 0 Å². The summed E-state index contributed by atoms with van der Waals surface area (Å²) in [5.41, 5.74) is 1.80. The highest BCUT2D eigenvalue weighted by molar-refractivity contribution is 6.07. The molecule has 0 aliphatic heterocycles. The number of ketones is 1. The normalized spacial score (nSPS) is 22.0. The van der Waals surface area contributed by atoms with Crippen molar-refractivity contribution in [2.45, 2.75) is 6.10 Å². The maximum absolute atomic E-state index is 10.9. The highest BCUT2D eigenvalue weighted by Crippen LogP contribution is 2.09. The Kier molecular flexibility index (Phi) is 2.37. The van der Waals surface area contributed by atoms with Crippen molar-refractivity contribution in [3.63, 3.8) is 0 Å². The van der Waals surface area contributed by atoms with E-state index in [4.69, 9.17) is 10.9 Å². The zero-order chi connectivity index (χ0) is 9.14. The molecule has 5 nitrogen and oxygen atoms in total. The van der Waals surface area contributed by atoms with E-state index < -0.39 is 17.8 Å². The molecular formula is C7H8N2O3. The summed E-state index contributed by atoms with van der Waals surface area (Å²) >= 11 is 0. The number of hydrogen-bond donors (Lipinski definition) is 3. The van der Waals surface area contributed by atoms with Crippen LogP contribution in [0.15, 0.2) is 23.8 Å². The van der Waals surface area contributed by atoms with Gasteiger partial charge >= 0.3 is 0 Å². The Bertz CT molecular complexity index is 280. The zero-order valence-electron chi connectivity index (χ0n) is 6.15. The fourth-order valence-corrected chi connectivity index (χ4v) is 0.865. The summed E-state index contributed by atoms with van der Waals surface area (Å²) in [6.07, 6.45) is 2.53. The largest absolute Gasteiger partial charge is 0.380 e. The average Bonchev–Trinajstić information content (AvgIpc) is 2.08. The predicted molar refractivity (Wildman–Crippen MR) is 40.6 cm³/mol. The van der Waals surface area contributed by atoms with Crippen molar-refractivity contribution < 1.29 is 14.7 Å². The van der Waals surface area contributed by atoms with Crippen molar-refractivity contribution in [1.82, 2.24) is 5.43 Å². The second-order valence-corrected chi connectivity index (χ2v) is 2.26. The van der Waals surface area contributed by atoms with Gasteiger partial charge < -0.3 is 5.11 Å². The summed E-state index contributed by atoms with van der Waals surface area (Å²) in [5, 5.41) is 9.15. The van der Waals surface area contributed by atoms with Gasteiger partial charge in [0.1, 0.15) is 6.10 Å². The third-order valence-electron chi connectivity index (χ3n) is 1.49. The topological polar surface area (TPSA) is 92.4 Å². The van der Waals surface area contributed by atoms with Crippen LogP contribution in [0.25, 0.3) is 0 Å². The van der Waals surface area contributed by atoms with E-state index >= 15 is 0 Å². The zero-order valence-corrected chi connectivity index (χ0v) is 6.15. The summed E-state index contributed by atoms with van der Waals surface area (Å²) in [5.74, 6) is 3.65. The Balaban J connectivity index is 2.90. The van der Waals surface area contributed by atoms with E-state index in [1.165, 1.54) is 18.2 Å². The summed E-state index contributed by atoms with van der Waals surface area (Å²) in [4.78, 5) is 21.7. The number of aliphatic hydroxyl groups is 1. The number of allylic oxidation sites excluding steroid dienone is 2. The molecule has 1 aliphatic rings. The third-order valence-corrected chi connectivity index (χ3v) is 1.49. The number of nitrogens with two attached hydrogens (primary N) is 1. The van der Waals surface area contributed by atoms with Crippen molar-refractivity contribution in [3.8, 4) is 0 Å². The van der Waals surface area contributed by atoms with Crippen LogP contribution in [0.5, 0.6) is 0 Å². The molecule has 1 amide bonds. The van der Waals surface area contributed by atoms with E-state index in [-0.39, 0.29) is 5.57 Å². The molecule has 0 saturated heterocycles. The van der Waals surface area contributed by atoms with Crippen LogP contribution in [-0.2, 0) is 9.59 Å². The van der Waals surface area contributed by atoms with Gasteiger partial charge in [-0.2, -0.15) is 0 Å². The van der Waals surface area contributed by atoms with Crippen LogP contribution in [-0.4, -0.2) is 22.9 Å².